The first-order valence-corrected chi connectivity index (χ1v) is 6.13. The highest BCUT2D eigenvalue weighted by atomic mass is 14.9. The van der Waals surface area contributed by atoms with E-state index in [0.29, 0.717) is 0 Å². The highest BCUT2D eigenvalue weighted by Gasteiger charge is 2.19. The first-order chi connectivity index (χ1) is 7.65. The van der Waals surface area contributed by atoms with Crippen LogP contribution in [0, 0.1) is 13.8 Å². The van der Waals surface area contributed by atoms with Crippen LogP contribution in [0.4, 0.5) is 0 Å². The molecule has 0 heterocycles. The predicted molar refractivity (Wildman–Crippen MR) is 70.6 cm³/mol. The van der Waals surface area contributed by atoms with Crippen molar-refractivity contribution in [2.24, 2.45) is 0 Å². The van der Waals surface area contributed by atoms with Crippen molar-refractivity contribution in [3.63, 3.8) is 0 Å². The minimum absolute atomic E-state index is 0.793. The van der Waals surface area contributed by atoms with Gasteiger partial charge in [-0.2, -0.15) is 0 Å². The Bertz CT molecular complexity index is 400. The molecule has 2 rings (SSSR count). The van der Waals surface area contributed by atoms with Crippen LogP contribution >= 0.6 is 0 Å². The van der Waals surface area contributed by atoms with Crippen LogP contribution < -0.4 is 5.32 Å². The molecule has 0 saturated heterocycles. The SMILES string of the molecule is CC(=Cc1cc(C)ccc1C)CNC1CC1. The Balaban J connectivity index is 2.04. The number of hydrogen-bond acceptors (Lipinski definition) is 1. The molecule has 1 N–H and O–H groups in total. The summed E-state index contributed by atoms with van der Waals surface area (Å²) in [7, 11) is 0. The zero-order valence-electron chi connectivity index (χ0n) is 10.5. The summed E-state index contributed by atoms with van der Waals surface area (Å²) in [5.74, 6) is 0. The molecule has 1 heteroatoms. The molecule has 1 aliphatic rings. The minimum Gasteiger partial charge on any atom is -0.310 e. The van der Waals surface area contributed by atoms with Gasteiger partial charge in [-0.1, -0.05) is 35.4 Å². The summed E-state index contributed by atoms with van der Waals surface area (Å²) in [6.07, 6.45) is 5.02. The molecule has 1 saturated carbocycles. The maximum Gasteiger partial charge on any atom is 0.0167 e. The van der Waals surface area contributed by atoms with Gasteiger partial charge in [0.2, 0.25) is 0 Å². The van der Waals surface area contributed by atoms with Crippen LogP contribution in [0.5, 0.6) is 0 Å². The van der Waals surface area contributed by atoms with Crippen molar-refractivity contribution in [3.05, 3.63) is 40.5 Å². The van der Waals surface area contributed by atoms with E-state index in [2.05, 4.69) is 50.4 Å². The fourth-order valence-corrected chi connectivity index (χ4v) is 1.82. The van der Waals surface area contributed by atoms with E-state index in [9.17, 15) is 0 Å². The quantitative estimate of drug-likeness (QED) is 0.811. The molecule has 1 fully saturated rings. The lowest BCUT2D eigenvalue weighted by molar-refractivity contribution is 0.736. The lowest BCUT2D eigenvalue weighted by atomic mass is 10.0. The predicted octanol–water partition coefficient (Wildman–Crippen LogP) is 3.46. The third-order valence-electron chi connectivity index (χ3n) is 3.08. The van der Waals surface area contributed by atoms with Crippen molar-refractivity contribution < 1.29 is 0 Å². The molecule has 1 nitrogen and oxygen atoms in total. The van der Waals surface area contributed by atoms with Crippen LogP contribution in [0.25, 0.3) is 6.08 Å². The van der Waals surface area contributed by atoms with Gasteiger partial charge < -0.3 is 5.32 Å². The molecule has 16 heavy (non-hydrogen) atoms. The van der Waals surface area contributed by atoms with E-state index in [-0.39, 0.29) is 0 Å². The van der Waals surface area contributed by atoms with Crippen molar-refractivity contribution in [1.29, 1.82) is 0 Å². The van der Waals surface area contributed by atoms with Crippen molar-refractivity contribution in [1.82, 2.24) is 5.32 Å². The molecule has 0 aromatic heterocycles. The molecule has 0 radical (unpaired) electrons. The molecule has 0 bridgehead atoms. The van der Waals surface area contributed by atoms with Crippen molar-refractivity contribution >= 4 is 6.08 Å². The van der Waals surface area contributed by atoms with Crippen LogP contribution in [0.2, 0.25) is 0 Å². The van der Waals surface area contributed by atoms with Crippen LogP contribution in [0.15, 0.2) is 23.8 Å². The molecule has 0 atom stereocenters. The molecular formula is C15H21N. The largest absolute Gasteiger partial charge is 0.310 e. The molecule has 0 aliphatic heterocycles. The van der Waals surface area contributed by atoms with Crippen LogP contribution in [0.1, 0.15) is 36.5 Å². The smallest absolute Gasteiger partial charge is 0.0167 e. The molecule has 0 amide bonds. The van der Waals surface area contributed by atoms with Gasteiger partial charge in [-0.25, -0.2) is 0 Å². The molecular weight excluding hydrogens is 194 g/mol. The maximum absolute atomic E-state index is 3.54. The number of rotatable bonds is 4. The normalized spacial score (nSPS) is 16.6. The van der Waals surface area contributed by atoms with E-state index in [0.717, 1.165) is 12.6 Å². The highest BCUT2D eigenvalue weighted by molar-refractivity contribution is 5.57. The van der Waals surface area contributed by atoms with E-state index >= 15 is 0 Å². The monoisotopic (exact) mass is 215 g/mol. The standard InChI is InChI=1S/C15H21N/c1-11-4-5-13(3)14(8-11)9-12(2)10-16-15-6-7-15/h4-5,8-9,15-16H,6-7,10H2,1-3H3. The van der Waals surface area contributed by atoms with E-state index in [4.69, 9.17) is 0 Å². The molecule has 1 aliphatic carbocycles. The van der Waals surface area contributed by atoms with Crippen LogP contribution in [-0.4, -0.2) is 12.6 Å². The van der Waals surface area contributed by atoms with E-state index < -0.39 is 0 Å². The van der Waals surface area contributed by atoms with Gasteiger partial charge in [0.1, 0.15) is 0 Å². The van der Waals surface area contributed by atoms with Crippen LogP contribution in [-0.2, 0) is 0 Å². The van der Waals surface area contributed by atoms with Gasteiger partial charge in [-0.15, -0.1) is 0 Å². The van der Waals surface area contributed by atoms with Crippen molar-refractivity contribution in [3.8, 4) is 0 Å². The van der Waals surface area contributed by atoms with Gasteiger partial charge >= 0.3 is 0 Å². The molecule has 0 unspecified atom stereocenters. The molecule has 1 aromatic carbocycles. The maximum atomic E-state index is 3.54. The first-order valence-electron chi connectivity index (χ1n) is 6.13. The second kappa shape index (κ2) is 4.84. The number of benzene rings is 1. The summed E-state index contributed by atoms with van der Waals surface area (Å²) in [5.41, 5.74) is 5.46. The third kappa shape index (κ3) is 3.21. The van der Waals surface area contributed by atoms with Gasteiger partial charge in [0.05, 0.1) is 0 Å². The summed E-state index contributed by atoms with van der Waals surface area (Å²) in [4.78, 5) is 0. The summed E-state index contributed by atoms with van der Waals surface area (Å²) in [6.45, 7) is 7.55. The minimum atomic E-state index is 0.793. The van der Waals surface area contributed by atoms with Crippen molar-refractivity contribution in [2.45, 2.75) is 39.7 Å². The van der Waals surface area contributed by atoms with Crippen LogP contribution in [0.3, 0.4) is 0 Å². The topological polar surface area (TPSA) is 12.0 Å². The van der Waals surface area contributed by atoms with Gasteiger partial charge in [0.15, 0.2) is 0 Å². The third-order valence-corrected chi connectivity index (χ3v) is 3.08. The number of hydrogen-bond donors (Lipinski definition) is 1. The Labute approximate surface area is 98.6 Å². The lowest BCUT2D eigenvalue weighted by Gasteiger charge is -2.06. The number of aryl methyl sites for hydroxylation is 2. The first kappa shape index (κ1) is 11.4. The van der Waals surface area contributed by atoms with E-state index in [1.54, 1.807) is 0 Å². The van der Waals surface area contributed by atoms with Gasteiger partial charge in [0.25, 0.3) is 0 Å². The van der Waals surface area contributed by atoms with Gasteiger partial charge in [-0.05, 0) is 44.7 Å². The second-order valence-electron chi connectivity index (χ2n) is 5.01. The molecule has 1 aromatic rings. The van der Waals surface area contributed by atoms with Gasteiger partial charge in [0, 0.05) is 12.6 Å². The fourth-order valence-electron chi connectivity index (χ4n) is 1.82. The Morgan fingerprint density at radius 1 is 1.38 bits per heavy atom. The van der Waals surface area contributed by atoms with E-state index in [1.807, 2.05) is 0 Å². The Hall–Kier alpha value is -1.08. The molecule has 86 valence electrons. The fraction of sp³-hybridized carbons (Fsp3) is 0.467. The average Bonchev–Trinajstić information content (AvgIpc) is 3.04. The average molecular weight is 215 g/mol. The Morgan fingerprint density at radius 3 is 2.81 bits per heavy atom. The number of nitrogens with one attached hydrogen (secondary N) is 1. The zero-order valence-corrected chi connectivity index (χ0v) is 10.5. The van der Waals surface area contributed by atoms with Gasteiger partial charge in [-0.3, -0.25) is 0 Å². The highest BCUT2D eigenvalue weighted by Crippen LogP contribution is 2.19. The lowest BCUT2D eigenvalue weighted by Crippen LogP contribution is -2.18. The summed E-state index contributed by atoms with van der Waals surface area (Å²) in [5, 5.41) is 3.54. The molecule has 0 spiro atoms. The van der Waals surface area contributed by atoms with Crippen molar-refractivity contribution in [2.75, 3.05) is 6.54 Å². The second-order valence-corrected chi connectivity index (χ2v) is 5.01. The Kier molecular flexibility index (Phi) is 3.45. The summed E-state index contributed by atoms with van der Waals surface area (Å²) >= 11 is 0. The summed E-state index contributed by atoms with van der Waals surface area (Å²) in [6, 6.07) is 7.42. The van der Waals surface area contributed by atoms with E-state index in [1.165, 1.54) is 35.1 Å². The Morgan fingerprint density at radius 2 is 2.12 bits per heavy atom. The zero-order chi connectivity index (χ0) is 11.5. The summed E-state index contributed by atoms with van der Waals surface area (Å²) < 4.78 is 0.